The van der Waals surface area contributed by atoms with Gasteiger partial charge in [0.2, 0.25) is 0 Å². The quantitative estimate of drug-likeness (QED) is 0.545. The second-order valence-electron chi connectivity index (χ2n) is 4.88. The lowest BCUT2D eigenvalue weighted by Crippen LogP contribution is -2.12. The number of aliphatic hydroxyl groups is 1. The minimum Gasteiger partial charge on any atom is -0.393 e. The molecule has 0 saturated heterocycles. The Bertz CT molecular complexity index is 135. The highest BCUT2D eigenvalue weighted by Gasteiger charge is 2.04. The molecular formula is C14H30O2. The number of aliphatic hydroxyl groups excluding tert-OH is 1. The van der Waals surface area contributed by atoms with Crippen LogP contribution in [0.3, 0.4) is 0 Å². The van der Waals surface area contributed by atoms with Gasteiger partial charge in [0.05, 0.1) is 12.2 Å². The van der Waals surface area contributed by atoms with Gasteiger partial charge in [0.15, 0.2) is 0 Å². The molecule has 0 aromatic rings. The Labute approximate surface area is 101 Å². The van der Waals surface area contributed by atoms with Crippen molar-refractivity contribution in [3.63, 3.8) is 0 Å². The van der Waals surface area contributed by atoms with Gasteiger partial charge >= 0.3 is 0 Å². The van der Waals surface area contributed by atoms with Gasteiger partial charge in [-0.05, 0) is 33.1 Å². The Morgan fingerprint density at radius 1 is 0.938 bits per heavy atom. The molecule has 0 aliphatic rings. The van der Waals surface area contributed by atoms with Crippen molar-refractivity contribution < 1.29 is 9.84 Å². The van der Waals surface area contributed by atoms with Crippen molar-refractivity contribution in [3.8, 4) is 0 Å². The number of ether oxygens (including phenoxy) is 1. The average Bonchev–Trinajstić information content (AvgIpc) is 2.25. The highest BCUT2D eigenvalue weighted by molar-refractivity contribution is 4.55. The van der Waals surface area contributed by atoms with Gasteiger partial charge in [-0.15, -0.1) is 0 Å². The van der Waals surface area contributed by atoms with Crippen LogP contribution in [0.4, 0.5) is 0 Å². The standard InChI is InChI=1S/C14H30O2/c1-4-5-6-7-8-9-12-16-14(3)11-10-13(2)15/h13-15H,4-12H2,1-3H3. The molecule has 0 heterocycles. The third kappa shape index (κ3) is 12.0. The van der Waals surface area contributed by atoms with Gasteiger partial charge in [-0.1, -0.05) is 39.0 Å². The number of hydrogen-bond acceptors (Lipinski definition) is 2. The summed E-state index contributed by atoms with van der Waals surface area (Å²) in [5, 5.41) is 9.14. The van der Waals surface area contributed by atoms with Crippen molar-refractivity contribution >= 4 is 0 Å². The average molecular weight is 230 g/mol. The Morgan fingerprint density at radius 3 is 2.19 bits per heavy atom. The molecule has 0 aliphatic carbocycles. The second-order valence-corrected chi connectivity index (χ2v) is 4.88. The van der Waals surface area contributed by atoms with Crippen LogP contribution in [0.5, 0.6) is 0 Å². The molecule has 0 spiro atoms. The van der Waals surface area contributed by atoms with Gasteiger partial charge in [-0.3, -0.25) is 0 Å². The topological polar surface area (TPSA) is 29.5 Å². The zero-order chi connectivity index (χ0) is 12.2. The molecule has 0 rings (SSSR count). The summed E-state index contributed by atoms with van der Waals surface area (Å²) in [6.45, 7) is 7.06. The fourth-order valence-electron chi connectivity index (χ4n) is 1.73. The summed E-state index contributed by atoms with van der Waals surface area (Å²) in [6, 6.07) is 0. The molecule has 0 fully saturated rings. The summed E-state index contributed by atoms with van der Waals surface area (Å²) in [4.78, 5) is 0. The summed E-state index contributed by atoms with van der Waals surface area (Å²) in [6.07, 6.45) is 9.79. The number of hydrogen-bond donors (Lipinski definition) is 1. The third-order valence-corrected chi connectivity index (χ3v) is 2.89. The normalized spacial score (nSPS) is 15.0. The second kappa shape index (κ2) is 11.4. The molecule has 0 radical (unpaired) electrons. The fourth-order valence-corrected chi connectivity index (χ4v) is 1.73. The molecule has 0 saturated carbocycles. The van der Waals surface area contributed by atoms with Crippen LogP contribution in [-0.4, -0.2) is 23.9 Å². The first-order valence-corrected chi connectivity index (χ1v) is 6.96. The third-order valence-electron chi connectivity index (χ3n) is 2.89. The predicted molar refractivity (Wildman–Crippen MR) is 69.7 cm³/mol. The van der Waals surface area contributed by atoms with E-state index in [2.05, 4.69) is 13.8 Å². The highest BCUT2D eigenvalue weighted by atomic mass is 16.5. The zero-order valence-corrected chi connectivity index (χ0v) is 11.4. The predicted octanol–water partition coefficient (Wildman–Crippen LogP) is 3.91. The van der Waals surface area contributed by atoms with Crippen LogP contribution in [0, 0.1) is 0 Å². The Morgan fingerprint density at radius 2 is 1.56 bits per heavy atom. The maximum Gasteiger partial charge on any atom is 0.0547 e. The van der Waals surface area contributed by atoms with E-state index in [0.29, 0.717) is 6.10 Å². The van der Waals surface area contributed by atoms with Crippen LogP contribution in [-0.2, 0) is 4.74 Å². The molecule has 0 amide bonds. The van der Waals surface area contributed by atoms with Crippen molar-refractivity contribution in [1.29, 1.82) is 0 Å². The summed E-state index contributed by atoms with van der Waals surface area (Å²) in [5.41, 5.74) is 0. The maximum absolute atomic E-state index is 9.14. The van der Waals surface area contributed by atoms with Crippen LogP contribution >= 0.6 is 0 Å². The fraction of sp³-hybridized carbons (Fsp3) is 1.00. The van der Waals surface area contributed by atoms with E-state index in [1.165, 1.54) is 38.5 Å². The van der Waals surface area contributed by atoms with Crippen LogP contribution in [0.2, 0.25) is 0 Å². The summed E-state index contributed by atoms with van der Waals surface area (Å²) < 4.78 is 5.69. The largest absolute Gasteiger partial charge is 0.393 e. The Kier molecular flexibility index (Phi) is 11.3. The lowest BCUT2D eigenvalue weighted by molar-refractivity contribution is 0.0461. The summed E-state index contributed by atoms with van der Waals surface area (Å²) in [7, 11) is 0. The molecule has 98 valence electrons. The smallest absolute Gasteiger partial charge is 0.0547 e. The van der Waals surface area contributed by atoms with Crippen molar-refractivity contribution in [3.05, 3.63) is 0 Å². The van der Waals surface area contributed by atoms with E-state index in [1.54, 1.807) is 0 Å². The lowest BCUT2D eigenvalue weighted by Gasteiger charge is -2.13. The van der Waals surface area contributed by atoms with Crippen LogP contribution < -0.4 is 0 Å². The molecule has 2 nitrogen and oxygen atoms in total. The van der Waals surface area contributed by atoms with Gasteiger partial charge in [0, 0.05) is 6.61 Å². The Balaban J connectivity index is 3.12. The van der Waals surface area contributed by atoms with Crippen LogP contribution in [0.15, 0.2) is 0 Å². The van der Waals surface area contributed by atoms with Gasteiger partial charge in [-0.25, -0.2) is 0 Å². The van der Waals surface area contributed by atoms with Gasteiger partial charge in [0.1, 0.15) is 0 Å². The van der Waals surface area contributed by atoms with Crippen molar-refractivity contribution in [2.75, 3.05) is 6.61 Å². The van der Waals surface area contributed by atoms with Crippen molar-refractivity contribution in [1.82, 2.24) is 0 Å². The number of rotatable bonds is 11. The molecule has 0 bridgehead atoms. The number of unbranched alkanes of at least 4 members (excludes halogenated alkanes) is 5. The Hall–Kier alpha value is -0.0800. The molecule has 16 heavy (non-hydrogen) atoms. The molecule has 0 aromatic carbocycles. The van der Waals surface area contributed by atoms with E-state index in [-0.39, 0.29) is 6.10 Å². The van der Waals surface area contributed by atoms with E-state index in [4.69, 9.17) is 9.84 Å². The van der Waals surface area contributed by atoms with E-state index < -0.39 is 0 Å². The van der Waals surface area contributed by atoms with Crippen molar-refractivity contribution in [2.24, 2.45) is 0 Å². The summed E-state index contributed by atoms with van der Waals surface area (Å²) in [5.74, 6) is 0. The van der Waals surface area contributed by atoms with E-state index in [1.807, 2.05) is 6.92 Å². The van der Waals surface area contributed by atoms with E-state index in [0.717, 1.165) is 19.4 Å². The molecule has 2 heteroatoms. The first-order chi connectivity index (χ1) is 7.66. The SMILES string of the molecule is CCCCCCCCOC(C)CCC(C)O. The first kappa shape index (κ1) is 15.9. The van der Waals surface area contributed by atoms with Gasteiger partial charge in [-0.2, -0.15) is 0 Å². The van der Waals surface area contributed by atoms with Crippen LogP contribution in [0.25, 0.3) is 0 Å². The highest BCUT2D eigenvalue weighted by Crippen LogP contribution is 2.08. The van der Waals surface area contributed by atoms with Crippen LogP contribution in [0.1, 0.15) is 72.1 Å². The van der Waals surface area contributed by atoms with Gasteiger partial charge < -0.3 is 9.84 Å². The minimum atomic E-state index is -0.194. The van der Waals surface area contributed by atoms with Crippen molar-refractivity contribution in [2.45, 2.75) is 84.3 Å². The molecule has 0 aliphatic heterocycles. The lowest BCUT2D eigenvalue weighted by atomic mass is 10.1. The molecular weight excluding hydrogens is 200 g/mol. The minimum absolute atomic E-state index is 0.194. The molecule has 2 atom stereocenters. The zero-order valence-electron chi connectivity index (χ0n) is 11.4. The van der Waals surface area contributed by atoms with E-state index in [9.17, 15) is 0 Å². The first-order valence-electron chi connectivity index (χ1n) is 6.96. The molecule has 0 aromatic heterocycles. The monoisotopic (exact) mass is 230 g/mol. The van der Waals surface area contributed by atoms with E-state index >= 15 is 0 Å². The maximum atomic E-state index is 9.14. The molecule has 1 N–H and O–H groups in total. The molecule has 2 unspecified atom stereocenters. The summed E-state index contributed by atoms with van der Waals surface area (Å²) >= 11 is 0. The van der Waals surface area contributed by atoms with Gasteiger partial charge in [0.25, 0.3) is 0 Å².